The fraction of sp³-hybridized carbons (Fsp3) is 0.400. The van der Waals surface area contributed by atoms with Crippen molar-refractivity contribution in [1.29, 1.82) is 0 Å². The Morgan fingerprint density at radius 3 is 2.27 bits per heavy atom. The van der Waals surface area contributed by atoms with Crippen molar-refractivity contribution in [1.82, 2.24) is 18.8 Å². The molecule has 0 amide bonds. The molecule has 176 valence electrons. The molecule has 3 aromatic rings. The van der Waals surface area contributed by atoms with E-state index in [1.807, 2.05) is 29.8 Å². The Labute approximate surface area is 196 Å². The third kappa shape index (κ3) is 6.09. The predicted octanol–water partition coefficient (Wildman–Crippen LogP) is 3.07. The Morgan fingerprint density at radius 2 is 1.61 bits per heavy atom. The number of aryl methyl sites for hydroxylation is 2. The lowest BCUT2D eigenvalue weighted by Crippen LogP contribution is -2.43. The van der Waals surface area contributed by atoms with Gasteiger partial charge in [-0.05, 0) is 31.5 Å². The summed E-state index contributed by atoms with van der Waals surface area (Å²) in [6.45, 7) is 8.96. The molecule has 0 N–H and O–H groups in total. The summed E-state index contributed by atoms with van der Waals surface area (Å²) in [5.41, 5.74) is 3.40. The van der Waals surface area contributed by atoms with Gasteiger partial charge in [0.05, 0.1) is 24.7 Å². The van der Waals surface area contributed by atoms with E-state index in [9.17, 15) is 8.42 Å². The molecular weight excluding hydrogens is 436 g/mol. The first-order valence-corrected chi connectivity index (χ1v) is 12.8. The van der Waals surface area contributed by atoms with E-state index in [4.69, 9.17) is 4.74 Å². The highest BCUT2D eigenvalue weighted by Gasteiger charge is 2.27. The molecule has 8 heteroatoms. The van der Waals surface area contributed by atoms with Crippen molar-refractivity contribution in [3.05, 3.63) is 83.4 Å². The second-order valence-corrected chi connectivity index (χ2v) is 10.5. The average Bonchev–Trinajstić information content (AvgIpc) is 3.25. The molecule has 1 fully saturated rings. The van der Waals surface area contributed by atoms with Crippen molar-refractivity contribution in [2.75, 3.05) is 39.4 Å². The molecule has 7 nitrogen and oxygen atoms in total. The SMILES string of the molecule is Cc1ccc(Cn2ccnc2CN(CCN2CCOCC2)S(=O)(=O)c2ccc(C)cc2)cc1. The van der Waals surface area contributed by atoms with Crippen LogP contribution >= 0.6 is 0 Å². The van der Waals surface area contributed by atoms with Crippen molar-refractivity contribution < 1.29 is 13.2 Å². The molecular formula is C25H32N4O3S. The van der Waals surface area contributed by atoms with E-state index in [0.29, 0.717) is 37.7 Å². The Hall–Kier alpha value is -2.52. The molecule has 1 aromatic heterocycles. The molecule has 1 aliphatic rings. The fourth-order valence-corrected chi connectivity index (χ4v) is 5.29. The van der Waals surface area contributed by atoms with Crippen LogP contribution in [0.25, 0.3) is 0 Å². The van der Waals surface area contributed by atoms with Crippen LogP contribution in [0.3, 0.4) is 0 Å². The van der Waals surface area contributed by atoms with Crippen LogP contribution in [-0.2, 0) is 27.8 Å². The van der Waals surface area contributed by atoms with Gasteiger partial charge in [-0.2, -0.15) is 4.31 Å². The number of sulfonamides is 1. The summed E-state index contributed by atoms with van der Waals surface area (Å²) in [6.07, 6.45) is 3.65. The van der Waals surface area contributed by atoms with Gasteiger partial charge in [-0.25, -0.2) is 13.4 Å². The van der Waals surface area contributed by atoms with E-state index in [2.05, 4.69) is 41.1 Å². The molecule has 0 unspecified atom stereocenters. The number of ether oxygens (including phenoxy) is 1. The van der Waals surface area contributed by atoms with Gasteiger partial charge in [0.15, 0.2) is 0 Å². The van der Waals surface area contributed by atoms with Gasteiger partial charge >= 0.3 is 0 Å². The van der Waals surface area contributed by atoms with Crippen LogP contribution in [0.1, 0.15) is 22.5 Å². The molecule has 4 rings (SSSR count). The maximum absolute atomic E-state index is 13.6. The Balaban J connectivity index is 1.56. The molecule has 2 heterocycles. The van der Waals surface area contributed by atoms with Crippen molar-refractivity contribution >= 4 is 10.0 Å². The van der Waals surface area contributed by atoms with E-state index in [-0.39, 0.29) is 6.54 Å². The third-order valence-electron chi connectivity index (χ3n) is 6.02. The highest BCUT2D eigenvalue weighted by molar-refractivity contribution is 7.89. The summed E-state index contributed by atoms with van der Waals surface area (Å²) in [5.74, 6) is 0.730. The largest absolute Gasteiger partial charge is 0.379 e. The first kappa shape index (κ1) is 23.6. The zero-order chi connectivity index (χ0) is 23.3. The minimum Gasteiger partial charge on any atom is -0.379 e. The highest BCUT2D eigenvalue weighted by atomic mass is 32.2. The molecule has 1 saturated heterocycles. The number of hydrogen-bond donors (Lipinski definition) is 0. The molecule has 0 aliphatic carbocycles. The van der Waals surface area contributed by atoms with Crippen molar-refractivity contribution in [3.63, 3.8) is 0 Å². The Kier molecular flexibility index (Phi) is 7.60. The fourth-order valence-electron chi connectivity index (χ4n) is 3.90. The van der Waals surface area contributed by atoms with Gasteiger partial charge in [0.2, 0.25) is 10.0 Å². The number of rotatable bonds is 9. The first-order valence-electron chi connectivity index (χ1n) is 11.3. The normalized spacial score (nSPS) is 15.2. The monoisotopic (exact) mass is 468 g/mol. The van der Waals surface area contributed by atoms with Crippen LogP contribution in [0, 0.1) is 13.8 Å². The number of hydrogen-bond acceptors (Lipinski definition) is 5. The molecule has 0 saturated carbocycles. The minimum atomic E-state index is -3.67. The topological polar surface area (TPSA) is 67.7 Å². The number of aromatic nitrogens is 2. The smallest absolute Gasteiger partial charge is 0.243 e. The number of nitrogens with zero attached hydrogens (tertiary/aromatic N) is 4. The zero-order valence-electron chi connectivity index (χ0n) is 19.4. The molecule has 0 bridgehead atoms. The molecule has 0 atom stereocenters. The molecule has 0 radical (unpaired) electrons. The maximum atomic E-state index is 13.6. The Bertz CT molecular complexity index is 1140. The lowest BCUT2D eigenvalue weighted by Gasteiger charge is -2.29. The summed E-state index contributed by atoms with van der Waals surface area (Å²) in [6, 6.07) is 15.4. The highest BCUT2D eigenvalue weighted by Crippen LogP contribution is 2.19. The van der Waals surface area contributed by atoms with Gasteiger partial charge in [-0.15, -0.1) is 0 Å². The summed E-state index contributed by atoms with van der Waals surface area (Å²) in [7, 11) is -3.67. The van der Waals surface area contributed by atoms with Crippen LogP contribution in [0.2, 0.25) is 0 Å². The van der Waals surface area contributed by atoms with E-state index in [0.717, 1.165) is 30.0 Å². The summed E-state index contributed by atoms with van der Waals surface area (Å²) in [4.78, 5) is 7.07. The second-order valence-electron chi connectivity index (χ2n) is 8.56. The lowest BCUT2D eigenvalue weighted by atomic mass is 10.1. The van der Waals surface area contributed by atoms with Gasteiger partial charge in [-0.3, -0.25) is 4.90 Å². The molecule has 33 heavy (non-hydrogen) atoms. The van der Waals surface area contributed by atoms with E-state index < -0.39 is 10.0 Å². The standard InChI is InChI=1S/C25H32N4O3S/c1-21-3-7-23(8-4-21)19-28-12-11-26-25(28)20-29(14-13-27-15-17-32-18-16-27)33(30,31)24-9-5-22(2)6-10-24/h3-12H,13-20H2,1-2H3. The van der Waals surface area contributed by atoms with Crippen LogP contribution in [0.5, 0.6) is 0 Å². The number of morpholine rings is 1. The average molecular weight is 469 g/mol. The van der Waals surface area contributed by atoms with Gasteiger partial charge in [-0.1, -0.05) is 47.5 Å². The van der Waals surface area contributed by atoms with Crippen LogP contribution in [0.4, 0.5) is 0 Å². The molecule has 1 aliphatic heterocycles. The third-order valence-corrected chi connectivity index (χ3v) is 7.88. The number of imidazole rings is 1. The van der Waals surface area contributed by atoms with Gasteiger partial charge < -0.3 is 9.30 Å². The van der Waals surface area contributed by atoms with Crippen molar-refractivity contribution in [2.24, 2.45) is 0 Å². The summed E-state index contributed by atoms with van der Waals surface area (Å²) >= 11 is 0. The van der Waals surface area contributed by atoms with Crippen molar-refractivity contribution in [2.45, 2.75) is 31.8 Å². The quantitative estimate of drug-likeness (QED) is 0.483. The van der Waals surface area contributed by atoms with Crippen molar-refractivity contribution in [3.8, 4) is 0 Å². The first-order chi connectivity index (χ1) is 15.9. The molecule has 2 aromatic carbocycles. The predicted molar refractivity (Wildman–Crippen MR) is 129 cm³/mol. The van der Waals surface area contributed by atoms with Gasteiger partial charge in [0.1, 0.15) is 5.82 Å². The minimum absolute atomic E-state index is 0.222. The summed E-state index contributed by atoms with van der Waals surface area (Å²) < 4.78 is 36.2. The zero-order valence-corrected chi connectivity index (χ0v) is 20.2. The van der Waals surface area contributed by atoms with Crippen LogP contribution in [-0.4, -0.2) is 66.6 Å². The van der Waals surface area contributed by atoms with E-state index in [1.54, 1.807) is 22.6 Å². The van der Waals surface area contributed by atoms with E-state index >= 15 is 0 Å². The van der Waals surface area contributed by atoms with Gasteiger partial charge in [0.25, 0.3) is 0 Å². The summed E-state index contributed by atoms with van der Waals surface area (Å²) in [5, 5.41) is 0. The van der Waals surface area contributed by atoms with Crippen LogP contribution in [0.15, 0.2) is 65.8 Å². The second kappa shape index (κ2) is 10.6. The maximum Gasteiger partial charge on any atom is 0.243 e. The molecule has 0 spiro atoms. The van der Waals surface area contributed by atoms with Crippen LogP contribution < -0.4 is 0 Å². The Morgan fingerprint density at radius 1 is 0.970 bits per heavy atom. The van der Waals surface area contributed by atoms with Gasteiger partial charge in [0, 0.05) is 45.1 Å². The van der Waals surface area contributed by atoms with E-state index in [1.165, 1.54) is 5.56 Å². The lowest BCUT2D eigenvalue weighted by molar-refractivity contribution is 0.0360. The number of benzene rings is 2.